The maximum absolute atomic E-state index is 9.40. The lowest BCUT2D eigenvalue weighted by Gasteiger charge is -2.13. The van der Waals surface area contributed by atoms with Crippen LogP contribution in [-0.4, -0.2) is 31.8 Å². The van der Waals surface area contributed by atoms with Crippen LogP contribution in [0.25, 0.3) is 0 Å². The first-order valence-corrected chi connectivity index (χ1v) is 10.4. The van der Waals surface area contributed by atoms with Gasteiger partial charge >= 0.3 is 0 Å². The van der Waals surface area contributed by atoms with E-state index in [1.54, 1.807) is 6.07 Å². The molecule has 31 heavy (non-hydrogen) atoms. The highest BCUT2D eigenvalue weighted by molar-refractivity contribution is 5.30. The highest BCUT2D eigenvalue weighted by atomic mass is 16.5. The lowest BCUT2D eigenvalue weighted by molar-refractivity contribution is -0.0427. The van der Waals surface area contributed by atoms with E-state index in [9.17, 15) is 15.3 Å². The fourth-order valence-corrected chi connectivity index (χ4v) is 3.20. The summed E-state index contributed by atoms with van der Waals surface area (Å²) in [5.41, 5.74) is 4.35. The van der Waals surface area contributed by atoms with Gasteiger partial charge in [-0.3, -0.25) is 9.97 Å². The molecule has 4 N–H and O–H groups in total. The number of hydrogen-bond donors (Lipinski definition) is 4. The van der Waals surface area contributed by atoms with E-state index in [1.165, 1.54) is 6.07 Å². The topological polar surface area (TPSA) is 108 Å². The smallest absolute Gasteiger partial charge is 0.178 e. The van der Waals surface area contributed by atoms with Gasteiger partial charge in [0.15, 0.2) is 6.29 Å². The van der Waals surface area contributed by atoms with Crippen LogP contribution in [0.3, 0.4) is 0 Å². The van der Waals surface area contributed by atoms with E-state index in [2.05, 4.69) is 17.2 Å². The van der Waals surface area contributed by atoms with E-state index in [-0.39, 0.29) is 6.61 Å². The summed E-state index contributed by atoms with van der Waals surface area (Å²) in [5, 5.41) is 31.4. The maximum atomic E-state index is 9.40. The second kappa shape index (κ2) is 11.5. The molecule has 7 heteroatoms. The number of hydrogen-bond acceptors (Lipinski definition) is 7. The third-order valence-corrected chi connectivity index (χ3v) is 4.85. The number of rotatable bonds is 11. The zero-order valence-corrected chi connectivity index (χ0v) is 17.7. The zero-order valence-electron chi connectivity index (χ0n) is 17.7. The molecule has 3 rings (SSSR count). The summed E-state index contributed by atoms with van der Waals surface area (Å²) in [5.74, 6) is 0.772. The summed E-state index contributed by atoms with van der Waals surface area (Å²) in [7, 11) is 0. The van der Waals surface area contributed by atoms with E-state index < -0.39 is 6.29 Å². The van der Waals surface area contributed by atoms with Crippen LogP contribution in [0.5, 0.6) is 5.75 Å². The van der Waals surface area contributed by atoms with Crippen molar-refractivity contribution in [1.29, 1.82) is 0 Å². The Kier molecular flexibility index (Phi) is 8.49. The van der Waals surface area contributed by atoms with Gasteiger partial charge in [-0.05, 0) is 36.2 Å². The van der Waals surface area contributed by atoms with Crippen LogP contribution in [0.1, 0.15) is 47.1 Å². The first kappa shape index (κ1) is 22.8. The molecule has 0 aliphatic heterocycles. The third kappa shape index (κ3) is 6.83. The van der Waals surface area contributed by atoms with Gasteiger partial charge in [0.2, 0.25) is 0 Å². The van der Waals surface area contributed by atoms with Gasteiger partial charge in [0.25, 0.3) is 0 Å². The highest BCUT2D eigenvalue weighted by Gasteiger charge is 2.10. The Morgan fingerprint density at radius 2 is 1.74 bits per heavy atom. The molecule has 164 valence electrons. The predicted octanol–water partition coefficient (Wildman–Crippen LogP) is 2.43. The number of aliphatic hydroxyl groups excluding tert-OH is 2. The lowest BCUT2D eigenvalue weighted by atomic mass is 10.1. The summed E-state index contributed by atoms with van der Waals surface area (Å²) in [6.07, 6.45) is -0.0752. The molecule has 0 radical (unpaired) electrons. The van der Waals surface area contributed by atoms with Gasteiger partial charge in [-0.2, -0.15) is 0 Å². The van der Waals surface area contributed by atoms with Crippen molar-refractivity contribution in [2.24, 2.45) is 0 Å². The van der Waals surface area contributed by atoms with Crippen LogP contribution in [0, 0.1) is 0 Å². The molecular formula is C24H29N3O4. The monoisotopic (exact) mass is 423 g/mol. The van der Waals surface area contributed by atoms with Crippen molar-refractivity contribution in [3.05, 3.63) is 88.5 Å². The molecule has 0 atom stereocenters. The molecule has 0 saturated carbocycles. The molecule has 0 amide bonds. The maximum Gasteiger partial charge on any atom is 0.178 e. The number of nitrogens with one attached hydrogen (secondary N) is 1. The molecule has 2 heterocycles. The van der Waals surface area contributed by atoms with Gasteiger partial charge in [-0.25, -0.2) is 0 Å². The van der Waals surface area contributed by atoms with Crippen molar-refractivity contribution in [1.82, 2.24) is 15.3 Å². The molecule has 0 fully saturated rings. The van der Waals surface area contributed by atoms with Crippen molar-refractivity contribution in [2.75, 3.05) is 6.54 Å². The van der Waals surface area contributed by atoms with Gasteiger partial charge in [-0.15, -0.1) is 0 Å². The number of aromatic nitrogens is 2. The lowest BCUT2D eigenvalue weighted by Crippen LogP contribution is -2.19. The summed E-state index contributed by atoms with van der Waals surface area (Å²) >= 11 is 0. The standard InChI is InChI=1S/C24H29N3O4/c1-2-19-8-9-23(31-16-17-6-4-3-5-7-17)22(27-19)10-11-25-14-20-12-18(24(29)30)13-21(15-28)26-20/h3-9,12-13,24-25,28-30H,2,10-11,14-16H2,1H3. The van der Waals surface area contributed by atoms with Gasteiger partial charge in [0.1, 0.15) is 12.4 Å². The van der Waals surface area contributed by atoms with Crippen LogP contribution in [-0.2, 0) is 32.6 Å². The molecule has 0 spiro atoms. The predicted molar refractivity (Wildman–Crippen MR) is 117 cm³/mol. The molecule has 0 saturated heterocycles. The molecule has 2 aromatic heterocycles. The number of pyridine rings is 2. The Labute approximate surface area is 182 Å². The molecule has 0 aliphatic carbocycles. The van der Waals surface area contributed by atoms with E-state index in [0.717, 1.165) is 29.1 Å². The molecule has 7 nitrogen and oxygen atoms in total. The average molecular weight is 424 g/mol. The van der Waals surface area contributed by atoms with Crippen LogP contribution in [0.2, 0.25) is 0 Å². The van der Waals surface area contributed by atoms with Crippen molar-refractivity contribution < 1.29 is 20.1 Å². The summed E-state index contributed by atoms with van der Waals surface area (Å²) in [6, 6.07) is 17.1. The zero-order chi connectivity index (χ0) is 22.1. The minimum atomic E-state index is -1.60. The van der Waals surface area contributed by atoms with Crippen molar-refractivity contribution in [2.45, 2.75) is 45.8 Å². The van der Waals surface area contributed by atoms with Crippen LogP contribution >= 0.6 is 0 Å². The number of ether oxygens (including phenoxy) is 1. The first-order valence-electron chi connectivity index (χ1n) is 10.4. The van der Waals surface area contributed by atoms with Crippen LogP contribution in [0.15, 0.2) is 54.6 Å². The van der Waals surface area contributed by atoms with E-state index in [0.29, 0.717) is 43.1 Å². The fourth-order valence-electron chi connectivity index (χ4n) is 3.20. The molecule has 0 unspecified atom stereocenters. The average Bonchev–Trinajstić information content (AvgIpc) is 2.81. The van der Waals surface area contributed by atoms with Crippen molar-refractivity contribution >= 4 is 0 Å². The van der Waals surface area contributed by atoms with Gasteiger partial charge in [0.05, 0.1) is 23.7 Å². The van der Waals surface area contributed by atoms with Crippen LogP contribution < -0.4 is 10.1 Å². The third-order valence-electron chi connectivity index (χ3n) is 4.85. The summed E-state index contributed by atoms with van der Waals surface area (Å²) < 4.78 is 6.02. The minimum Gasteiger partial charge on any atom is -0.487 e. The quantitative estimate of drug-likeness (QED) is 0.277. The van der Waals surface area contributed by atoms with Gasteiger partial charge in [0, 0.05) is 30.8 Å². The van der Waals surface area contributed by atoms with Gasteiger partial charge < -0.3 is 25.4 Å². The number of nitrogens with zero attached hydrogens (tertiary/aromatic N) is 2. The SMILES string of the molecule is CCc1ccc(OCc2ccccc2)c(CCNCc2cc(C(O)O)cc(CO)n2)n1. The Morgan fingerprint density at radius 1 is 0.968 bits per heavy atom. The molecule has 1 aromatic carbocycles. The van der Waals surface area contributed by atoms with Crippen LogP contribution in [0.4, 0.5) is 0 Å². The molecule has 3 aromatic rings. The Balaban J connectivity index is 1.61. The normalized spacial score (nSPS) is 11.1. The van der Waals surface area contributed by atoms with Crippen molar-refractivity contribution in [3.63, 3.8) is 0 Å². The summed E-state index contributed by atoms with van der Waals surface area (Å²) in [6.45, 7) is 3.37. The van der Waals surface area contributed by atoms with E-state index in [1.807, 2.05) is 42.5 Å². The molecule has 0 bridgehead atoms. The second-order valence-corrected chi connectivity index (χ2v) is 7.22. The fraction of sp³-hybridized carbons (Fsp3) is 0.333. The van der Waals surface area contributed by atoms with Gasteiger partial charge in [-0.1, -0.05) is 37.3 Å². The minimum absolute atomic E-state index is 0.261. The number of aryl methyl sites for hydroxylation is 1. The Morgan fingerprint density at radius 3 is 2.45 bits per heavy atom. The van der Waals surface area contributed by atoms with E-state index >= 15 is 0 Å². The number of benzene rings is 1. The Bertz CT molecular complexity index is 964. The molecular weight excluding hydrogens is 394 g/mol. The second-order valence-electron chi connectivity index (χ2n) is 7.22. The first-order chi connectivity index (χ1) is 15.1. The number of aliphatic hydroxyl groups is 3. The highest BCUT2D eigenvalue weighted by Crippen LogP contribution is 2.20. The largest absolute Gasteiger partial charge is 0.487 e. The molecule has 0 aliphatic rings. The van der Waals surface area contributed by atoms with E-state index in [4.69, 9.17) is 9.72 Å². The van der Waals surface area contributed by atoms with Crippen molar-refractivity contribution in [3.8, 4) is 5.75 Å². The summed E-state index contributed by atoms with van der Waals surface area (Å²) in [4.78, 5) is 9.04. The Hall–Kier alpha value is -2.84.